The minimum absolute atomic E-state index is 0.0856. The molecule has 0 fully saturated rings. The van der Waals surface area contributed by atoms with Crippen molar-refractivity contribution in [3.8, 4) is 0 Å². The van der Waals surface area contributed by atoms with E-state index in [9.17, 15) is 14.4 Å². The lowest BCUT2D eigenvalue weighted by atomic mass is 10.0. The Kier molecular flexibility index (Phi) is 55.7. The maximum absolute atomic E-state index is 12.8. The number of allylic oxidation sites excluding steroid dienone is 8. The van der Waals surface area contributed by atoms with Gasteiger partial charge in [-0.15, -0.1) is 0 Å². The fourth-order valence-electron chi connectivity index (χ4n) is 8.74. The van der Waals surface area contributed by atoms with Gasteiger partial charge in [-0.3, -0.25) is 14.4 Å². The van der Waals surface area contributed by atoms with Crippen molar-refractivity contribution < 1.29 is 28.6 Å². The van der Waals surface area contributed by atoms with E-state index in [0.717, 1.165) is 64.2 Å². The van der Waals surface area contributed by atoms with Crippen molar-refractivity contribution in [1.82, 2.24) is 0 Å². The maximum Gasteiger partial charge on any atom is 0.306 e. The molecule has 0 aliphatic carbocycles. The summed E-state index contributed by atoms with van der Waals surface area (Å²) in [5, 5.41) is 0. The summed E-state index contributed by atoms with van der Waals surface area (Å²) in [6.45, 7) is 6.62. The zero-order chi connectivity index (χ0) is 50.0. The molecule has 0 aliphatic heterocycles. The molecule has 0 saturated carbocycles. The molecule has 0 aromatic rings. The van der Waals surface area contributed by atoms with Crippen LogP contribution in [0.25, 0.3) is 0 Å². The fourth-order valence-corrected chi connectivity index (χ4v) is 8.74. The second-order valence-electron chi connectivity index (χ2n) is 20.3. The average molecular weight is 968 g/mol. The zero-order valence-electron chi connectivity index (χ0n) is 46.1. The Labute approximate surface area is 428 Å². The minimum atomic E-state index is -0.792. The summed E-state index contributed by atoms with van der Waals surface area (Å²) in [5.74, 6) is -0.909. The highest BCUT2D eigenvalue weighted by molar-refractivity contribution is 5.71. The van der Waals surface area contributed by atoms with Crippen molar-refractivity contribution in [3.63, 3.8) is 0 Å². The van der Waals surface area contributed by atoms with Crippen LogP contribution in [0.15, 0.2) is 48.6 Å². The molecule has 0 rings (SSSR count). The summed E-state index contributed by atoms with van der Waals surface area (Å²) in [6, 6.07) is 0. The van der Waals surface area contributed by atoms with E-state index in [0.29, 0.717) is 19.3 Å². The highest BCUT2D eigenvalue weighted by atomic mass is 16.6. The average Bonchev–Trinajstić information content (AvgIpc) is 3.35. The SMILES string of the molecule is CCCCC/C=C\C/C=C\C/C=C\CCCCC(=O)O[C@H](COC(=O)CCCCCCCCCCC/C=C\CCCCCCCC)COC(=O)CCCCCCCCCCCCCCCCCCC. The highest BCUT2D eigenvalue weighted by Crippen LogP contribution is 2.16. The molecule has 0 amide bonds. The molecule has 0 aromatic heterocycles. The first-order valence-corrected chi connectivity index (χ1v) is 30.1. The van der Waals surface area contributed by atoms with Crippen molar-refractivity contribution in [2.75, 3.05) is 13.2 Å². The number of unbranched alkanes of at least 4 members (excludes halogenated alkanes) is 36. The molecule has 0 N–H and O–H groups in total. The third-order valence-electron chi connectivity index (χ3n) is 13.3. The van der Waals surface area contributed by atoms with Crippen molar-refractivity contribution in [2.24, 2.45) is 0 Å². The lowest BCUT2D eigenvalue weighted by Crippen LogP contribution is -2.30. The van der Waals surface area contributed by atoms with Gasteiger partial charge in [0.15, 0.2) is 6.10 Å². The summed E-state index contributed by atoms with van der Waals surface area (Å²) in [5.41, 5.74) is 0. The number of hydrogen-bond donors (Lipinski definition) is 0. The van der Waals surface area contributed by atoms with E-state index in [1.807, 2.05) is 0 Å². The first-order valence-electron chi connectivity index (χ1n) is 30.1. The molecule has 0 heterocycles. The second-order valence-corrected chi connectivity index (χ2v) is 20.3. The van der Waals surface area contributed by atoms with Crippen molar-refractivity contribution in [1.29, 1.82) is 0 Å². The van der Waals surface area contributed by atoms with E-state index in [4.69, 9.17) is 14.2 Å². The third kappa shape index (κ3) is 56.2. The Balaban J connectivity index is 4.37. The Hall–Kier alpha value is -2.63. The Morgan fingerprint density at radius 2 is 0.522 bits per heavy atom. The van der Waals surface area contributed by atoms with Crippen LogP contribution < -0.4 is 0 Å². The Morgan fingerprint density at radius 3 is 0.884 bits per heavy atom. The number of ether oxygens (including phenoxy) is 3. The monoisotopic (exact) mass is 967 g/mol. The number of rotatable bonds is 55. The number of carbonyl (C=O) groups is 3. The standard InChI is InChI=1S/C63H114O6/c1-4-7-10-13-16-19-22-25-28-30-31-33-36-38-41-44-47-50-53-56-62(65)68-59-60(69-63(66)57-54-51-48-45-42-39-34-27-24-21-18-15-12-9-6-3)58-67-61(64)55-52-49-46-43-40-37-35-32-29-26-23-20-17-14-11-8-5-2/h18,21,25,27-28,34,42,45,60H,4-17,19-20,22-24,26,29-33,35-41,43-44,46-59H2,1-3H3/b21-18-,28-25-,34-27-,45-42-/t60-/m0/s1. The number of hydrogen-bond acceptors (Lipinski definition) is 6. The van der Waals surface area contributed by atoms with Crippen LogP contribution in [0.4, 0.5) is 0 Å². The lowest BCUT2D eigenvalue weighted by molar-refractivity contribution is -0.167. The molecule has 0 saturated heterocycles. The van der Waals surface area contributed by atoms with Gasteiger partial charge in [-0.1, -0.05) is 262 Å². The van der Waals surface area contributed by atoms with Crippen molar-refractivity contribution in [2.45, 2.75) is 322 Å². The lowest BCUT2D eigenvalue weighted by Gasteiger charge is -2.18. The predicted octanol–water partition coefficient (Wildman–Crippen LogP) is 20.2. The van der Waals surface area contributed by atoms with Crippen LogP contribution >= 0.6 is 0 Å². The van der Waals surface area contributed by atoms with Crippen LogP contribution in [0.1, 0.15) is 316 Å². The van der Waals surface area contributed by atoms with Gasteiger partial charge in [0.2, 0.25) is 0 Å². The first kappa shape index (κ1) is 66.4. The third-order valence-corrected chi connectivity index (χ3v) is 13.3. The van der Waals surface area contributed by atoms with E-state index in [1.165, 1.54) is 205 Å². The van der Waals surface area contributed by atoms with Crippen LogP contribution in [-0.2, 0) is 28.6 Å². The van der Waals surface area contributed by atoms with Gasteiger partial charge in [-0.25, -0.2) is 0 Å². The molecule has 6 nitrogen and oxygen atoms in total. The van der Waals surface area contributed by atoms with Gasteiger partial charge >= 0.3 is 17.9 Å². The van der Waals surface area contributed by atoms with Gasteiger partial charge in [0, 0.05) is 19.3 Å². The maximum atomic E-state index is 12.8. The molecule has 0 spiro atoms. The van der Waals surface area contributed by atoms with Crippen LogP contribution in [0, 0.1) is 0 Å². The Morgan fingerprint density at radius 1 is 0.290 bits per heavy atom. The van der Waals surface area contributed by atoms with E-state index in [1.54, 1.807) is 0 Å². The molecular weight excluding hydrogens is 853 g/mol. The largest absolute Gasteiger partial charge is 0.462 e. The van der Waals surface area contributed by atoms with Crippen LogP contribution in [-0.4, -0.2) is 37.2 Å². The zero-order valence-corrected chi connectivity index (χ0v) is 46.1. The van der Waals surface area contributed by atoms with E-state index in [-0.39, 0.29) is 37.5 Å². The van der Waals surface area contributed by atoms with Gasteiger partial charge in [0.05, 0.1) is 0 Å². The number of esters is 3. The summed E-state index contributed by atoms with van der Waals surface area (Å²) in [4.78, 5) is 38.2. The van der Waals surface area contributed by atoms with Crippen LogP contribution in [0.2, 0.25) is 0 Å². The predicted molar refractivity (Wildman–Crippen MR) is 298 cm³/mol. The molecule has 0 radical (unpaired) electrons. The van der Waals surface area contributed by atoms with E-state index in [2.05, 4.69) is 69.4 Å². The van der Waals surface area contributed by atoms with E-state index >= 15 is 0 Å². The highest BCUT2D eigenvalue weighted by Gasteiger charge is 2.19. The minimum Gasteiger partial charge on any atom is -0.462 e. The second kappa shape index (κ2) is 57.9. The summed E-state index contributed by atoms with van der Waals surface area (Å²) in [6.07, 6.45) is 71.1. The Bertz CT molecular complexity index is 1200. The smallest absolute Gasteiger partial charge is 0.306 e. The molecule has 402 valence electrons. The van der Waals surface area contributed by atoms with Crippen molar-refractivity contribution >= 4 is 17.9 Å². The molecule has 0 aromatic carbocycles. The van der Waals surface area contributed by atoms with Gasteiger partial charge in [0.25, 0.3) is 0 Å². The topological polar surface area (TPSA) is 78.9 Å². The quantitative estimate of drug-likeness (QED) is 0.0262. The normalized spacial score (nSPS) is 12.3. The van der Waals surface area contributed by atoms with E-state index < -0.39 is 6.10 Å². The molecular formula is C63H114O6. The van der Waals surface area contributed by atoms with Crippen LogP contribution in [0.3, 0.4) is 0 Å². The number of carbonyl (C=O) groups excluding carboxylic acids is 3. The summed E-state index contributed by atoms with van der Waals surface area (Å²) < 4.78 is 16.9. The van der Waals surface area contributed by atoms with Crippen LogP contribution in [0.5, 0.6) is 0 Å². The molecule has 0 aliphatic rings. The van der Waals surface area contributed by atoms with Crippen molar-refractivity contribution in [3.05, 3.63) is 48.6 Å². The molecule has 69 heavy (non-hydrogen) atoms. The molecule has 0 unspecified atom stereocenters. The molecule has 0 bridgehead atoms. The van der Waals surface area contributed by atoms with Gasteiger partial charge < -0.3 is 14.2 Å². The van der Waals surface area contributed by atoms with Gasteiger partial charge in [0.1, 0.15) is 13.2 Å². The summed E-state index contributed by atoms with van der Waals surface area (Å²) in [7, 11) is 0. The first-order chi connectivity index (χ1) is 34.0. The van der Waals surface area contributed by atoms with Gasteiger partial charge in [-0.2, -0.15) is 0 Å². The fraction of sp³-hybridized carbons (Fsp3) is 0.825. The van der Waals surface area contributed by atoms with Gasteiger partial charge in [-0.05, 0) is 83.5 Å². The summed E-state index contributed by atoms with van der Waals surface area (Å²) >= 11 is 0. The molecule has 6 heteroatoms. The molecule has 1 atom stereocenters.